The van der Waals surface area contributed by atoms with Gasteiger partial charge >= 0.3 is 0 Å². The Balaban J connectivity index is 1.54. The lowest BCUT2D eigenvalue weighted by atomic mass is 9.67. The van der Waals surface area contributed by atoms with Gasteiger partial charge in [-0.1, -0.05) is 34.5 Å². The molecule has 2 bridgehead atoms. The molecule has 3 rings (SSSR count). The van der Waals surface area contributed by atoms with Crippen LogP contribution in [0.3, 0.4) is 0 Å². The maximum Gasteiger partial charge on any atom is 0.220 e. The molecule has 2 atom stereocenters. The van der Waals surface area contributed by atoms with Crippen LogP contribution in [0.4, 0.5) is 0 Å². The molecular weight excluding hydrogens is 352 g/mol. The van der Waals surface area contributed by atoms with Crippen molar-refractivity contribution in [2.45, 2.75) is 64.0 Å². The molecule has 1 amide bonds. The van der Waals surface area contributed by atoms with Crippen LogP contribution in [-0.4, -0.2) is 18.0 Å². The number of benzene rings is 1. The van der Waals surface area contributed by atoms with Gasteiger partial charge < -0.3 is 11.1 Å². The van der Waals surface area contributed by atoms with Gasteiger partial charge in [-0.3, -0.25) is 4.79 Å². The maximum absolute atomic E-state index is 12.4. The molecule has 1 aromatic rings. The van der Waals surface area contributed by atoms with E-state index in [0.29, 0.717) is 30.3 Å². The number of hydrogen-bond acceptors (Lipinski definition) is 2. The van der Waals surface area contributed by atoms with Crippen LogP contribution in [-0.2, 0) is 11.2 Å². The minimum atomic E-state index is 0.197. The molecule has 2 unspecified atom stereocenters. The van der Waals surface area contributed by atoms with E-state index in [2.05, 4.69) is 46.4 Å². The molecule has 0 aromatic heterocycles. The molecule has 2 aliphatic carbocycles. The third-order valence-corrected chi connectivity index (χ3v) is 6.46. The fraction of sp³-hybridized carbons (Fsp3) is 0.632. The number of hydrogen-bond donors (Lipinski definition) is 2. The number of fused-ring (bicyclic) bond motifs is 2. The Kier molecular flexibility index (Phi) is 5.42. The van der Waals surface area contributed by atoms with Crippen molar-refractivity contribution >= 4 is 21.8 Å². The lowest BCUT2D eigenvalue weighted by Gasteiger charge is -2.45. The standard InChI is InChI=1S/C19H27BrN2O/c1-12-9-13(5-7-17(12)20)6-8-18(23)22-19-14-3-2-4-15(19)11-16(21)10-14/h5,7,9,14-16,19H,2-4,6,8,10-11,21H2,1H3,(H,22,23). The van der Waals surface area contributed by atoms with E-state index in [0.717, 1.165) is 23.7 Å². The summed E-state index contributed by atoms with van der Waals surface area (Å²) >= 11 is 3.52. The first-order chi connectivity index (χ1) is 11.0. The van der Waals surface area contributed by atoms with E-state index in [1.165, 1.54) is 30.4 Å². The third kappa shape index (κ3) is 4.16. The number of nitrogens with two attached hydrogens (primary N) is 1. The van der Waals surface area contributed by atoms with E-state index >= 15 is 0 Å². The summed E-state index contributed by atoms with van der Waals surface area (Å²) in [4.78, 5) is 12.4. The number of amides is 1. The predicted molar refractivity (Wildman–Crippen MR) is 97.2 cm³/mol. The van der Waals surface area contributed by atoms with Crippen molar-refractivity contribution in [3.05, 3.63) is 33.8 Å². The van der Waals surface area contributed by atoms with Gasteiger partial charge in [0.05, 0.1) is 0 Å². The topological polar surface area (TPSA) is 55.1 Å². The fourth-order valence-electron chi connectivity index (χ4n) is 4.40. The molecule has 2 aliphatic rings. The van der Waals surface area contributed by atoms with E-state index in [1.807, 2.05) is 0 Å². The van der Waals surface area contributed by atoms with Gasteiger partial charge in [-0.15, -0.1) is 0 Å². The Morgan fingerprint density at radius 3 is 2.65 bits per heavy atom. The van der Waals surface area contributed by atoms with Gasteiger partial charge in [0.1, 0.15) is 0 Å². The van der Waals surface area contributed by atoms with Crippen molar-refractivity contribution < 1.29 is 4.79 Å². The monoisotopic (exact) mass is 378 g/mol. The van der Waals surface area contributed by atoms with Crippen LogP contribution in [0.2, 0.25) is 0 Å². The van der Waals surface area contributed by atoms with E-state index < -0.39 is 0 Å². The zero-order valence-corrected chi connectivity index (χ0v) is 15.4. The molecule has 0 aliphatic heterocycles. The Morgan fingerprint density at radius 1 is 1.30 bits per heavy atom. The number of halogens is 1. The summed E-state index contributed by atoms with van der Waals surface area (Å²) in [5.74, 6) is 1.38. The lowest BCUT2D eigenvalue weighted by molar-refractivity contribution is -0.123. The van der Waals surface area contributed by atoms with Gasteiger partial charge in [-0.25, -0.2) is 0 Å². The SMILES string of the molecule is Cc1cc(CCC(=O)NC2C3CCCC2CC(N)C3)ccc1Br. The average molecular weight is 379 g/mol. The van der Waals surface area contributed by atoms with Crippen LogP contribution in [0.15, 0.2) is 22.7 Å². The van der Waals surface area contributed by atoms with Gasteiger partial charge in [-0.05, 0) is 68.1 Å². The number of carbonyl (C=O) groups is 1. The van der Waals surface area contributed by atoms with Crippen LogP contribution in [0.5, 0.6) is 0 Å². The summed E-state index contributed by atoms with van der Waals surface area (Å²) in [7, 11) is 0. The number of nitrogens with one attached hydrogen (secondary N) is 1. The molecule has 0 radical (unpaired) electrons. The summed E-state index contributed by atoms with van der Waals surface area (Å²) in [6.07, 6.45) is 7.28. The van der Waals surface area contributed by atoms with Crippen LogP contribution in [0.1, 0.15) is 49.7 Å². The van der Waals surface area contributed by atoms with E-state index in [1.54, 1.807) is 0 Å². The fourth-order valence-corrected chi connectivity index (χ4v) is 4.65. The summed E-state index contributed by atoms with van der Waals surface area (Å²) in [5, 5.41) is 3.33. The van der Waals surface area contributed by atoms with E-state index in [9.17, 15) is 4.79 Å². The molecule has 2 saturated carbocycles. The van der Waals surface area contributed by atoms with Crippen molar-refractivity contribution in [1.82, 2.24) is 5.32 Å². The van der Waals surface area contributed by atoms with Gasteiger partial charge in [0.2, 0.25) is 5.91 Å². The van der Waals surface area contributed by atoms with Crippen molar-refractivity contribution in [3.8, 4) is 0 Å². The minimum Gasteiger partial charge on any atom is -0.353 e. The first kappa shape index (κ1) is 17.0. The second kappa shape index (κ2) is 7.35. The Hall–Kier alpha value is -0.870. The Morgan fingerprint density at radius 2 is 2.00 bits per heavy atom. The average Bonchev–Trinajstić information content (AvgIpc) is 2.49. The van der Waals surface area contributed by atoms with Crippen molar-refractivity contribution in [2.75, 3.05) is 0 Å². The molecule has 2 fully saturated rings. The molecule has 3 N–H and O–H groups in total. The quantitative estimate of drug-likeness (QED) is 0.838. The number of rotatable bonds is 4. The molecule has 126 valence electrons. The van der Waals surface area contributed by atoms with Gasteiger partial charge in [0.25, 0.3) is 0 Å². The molecule has 1 aromatic carbocycles. The summed E-state index contributed by atoms with van der Waals surface area (Å²) in [6, 6.07) is 7.02. The Bertz CT molecular complexity index is 560. The minimum absolute atomic E-state index is 0.197. The van der Waals surface area contributed by atoms with Crippen molar-refractivity contribution in [1.29, 1.82) is 0 Å². The van der Waals surface area contributed by atoms with Crippen LogP contribution in [0, 0.1) is 18.8 Å². The maximum atomic E-state index is 12.4. The molecule has 23 heavy (non-hydrogen) atoms. The highest BCUT2D eigenvalue weighted by atomic mass is 79.9. The smallest absolute Gasteiger partial charge is 0.220 e. The van der Waals surface area contributed by atoms with Crippen molar-refractivity contribution in [3.63, 3.8) is 0 Å². The van der Waals surface area contributed by atoms with Gasteiger partial charge in [0, 0.05) is 23.0 Å². The predicted octanol–water partition coefficient (Wildman–Crippen LogP) is 3.71. The first-order valence-electron chi connectivity index (χ1n) is 8.83. The third-order valence-electron chi connectivity index (χ3n) is 5.57. The first-order valence-corrected chi connectivity index (χ1v) is 9.62. The highest BCUT2D eigenvalue weighted by molar-refractivity contribution is 9.10. The van der Waals surface area contributed by atoms with E-state index in [-0.39, 0.29) is 5.91 Å². The highest BCUT2D eigenvalue weighted by Gasteiger charge is 2.39. The molecule has 0 saturated heterocycles. The molecule has 0 spiro atoms. The van der Waals surface area contributed by atoms with Gasteiger partial charge in [-0.2, -0.15) is 0 Å². The highest BCUT2D eigenvalue weighted by Crippen LogP contribution is 2.39. The second-order valence-electron chi connectivity index (χ2n) is 7.36. The molecular formula is C19H27BrN2O. The van der Waals surface area contributed by atoms with Crippen LogP contribution >= 0.6 is 15.9 Å². The summed E-state index contributed by atoms with van der Waals surface area (Å²) in [5.41, 5.74) is 8.61. The summed E-state index contributed by atoms with van der Waals surface area (Å²) in [6.45, 7) is 2.08. The largest absolute Gasteiger partial charge is 0.353 e. The lowest BCUT2D eigenvalue weighted by Crippen LogP contribution is -2.53. The van der Waals surface area contributed by atoms with Crippen molar-refractivity contribution in [2.24, 2.45) is 17.6 Å². The molecule has 0 heterocycles. The normalized spacial score (nSPS) is 30.0. The zero-order valence-electron chi connectivity index (χ0n) is 13.9. The van der Waals surface area contributed by atoms with Crippen LogP contribution < -0.4 is 11.1 Å². The molecule has 3 nitrogen and oxygen atoms in total. The number of carbonyl (C=O) groups excluding carboxylic acids is 1. The van der Waals surface area contributed by atoms with E-state index in [4.69, 9.17) is 5.73 Å². The number of aryl methyl sites for hydroxylation is 2. The molecule has 4 heteroatoms. The summed E-state index contributed by atoms with van der Waals surface area (Å²) < 4.78 is 1.12. The van der Waals surface area contributed by atoms with Crippen LogP contribution in [0.25, 0.3) is 0 Å². The second-order valence-corrected chi connectivity index (χ2v) is 8.21. The Labute approximate surface area is 147 Å². The van der Waals surface area contributed by atoms with Gasteiger partial charge in [0.15, 0.2) is 0 Å². The zero-order chi connectivity index (χ0) is 16.4.